The van der Waals surface area contributed by atoms with Crippen LogP contribution in [-0.2, 0) is 10.9 Å². The quantitative estimate of drug-likeness (QED) is 0.492. The summed E-state index contributed by atoms with van der Waals surface area (Å²) in [6.07, 6.45) is 16.7. The highest BCUT2D eigenvalue weighted by Crippen LogP contribution is 2.35. The molecule has 1 aromatic rings. The van der Waals surface area contributed by atoms with Crippen LogP contribution in [0.25, 0.3) is 0 Å². The average molecular weight is 293 g/mol. The number of hydrogen-bond donors (Lipinski definition) is 0. The molecule has 21 heavy (non-hydrogen) atoms. The molecule has 0 saturated carbocycles. The van der Waals surface area contributed by atoms with Crippen molar-refractivity contribution in [1.29, 1.82) is 0 Å². The van der Waals surface area contributed by atoms with E-state index in [0.717, 1.165) is 0 Å². The Morgan fingerprint density at radius 2 is 1.86 bits per heavy atom. The summed E-state index contributed by atoms with van der Waals surface area (Å²) in [5.41, 5.74) is 0. The Morgan fingerprint density at radius 3 is 2.52 bits per heavy atom. The summed E-state index contributed by atoms with van der Waals surface area (Å²) in [4.78, 5) is 3.92. The van der Waals surface area contributed by atoms with Gasteiger partial charge in [-0.2, -0.15) is 0 Å². The fourth-order valence-corrected chi connectivity index (χ4v) is 4.56. The summed E-state index contributed by atoms with van der Waals surface area (Å²) in [5.74, 6) is 0.400. The molecule has 0 amide bonds. The molecule has 0 aliphatic heterocycles. The number of benzene rings is 1. The minimum Gasteiger partial charge on any atom is -0.0989 e. The van der Waals surface area contributed by atoms with Crippen molar-refractivity contribution in [2.24, 2.45) is 5.92 Å². The average Bonchev–Trinajstić information content (AvgIpc) is 2.73. The molecule has 1 aromatic carbocycles. The van der Waals surface area contributed by atoms with Crippen molar-refractivity contribution in [3.05, 3.63) is 102 Å². The highest BCUT2D eigenvalue weighted by Gasteiger charge is 2.33. The first kappa shape index (κ1) is 15.4. The van der Waals surface area contributed by atoms with E-state index in [9.17, 15) is 0 Å². The van der Waals surface area contributed by atoms with Crippen molar-refractivity contribution < 1.29 is 0 Å². The third-order valence-electron chi connectivity index (χ3n) is 3.26. The van der Waals surface area contributed by atoms with E-state index in [2.05, 4.69) is 86.9 Å². The predicted molar refractivity (Wildman–Crippen MR) is 96.1 cm³/mol. The molecule has 0 aromatic heterocycles. The molecule has 2 rings (SSSR count). The van der Waals surface area contributed by atoms with Gasteiger partial charge < -0.3 is 0 Å². The topological polar surface area (TPSA) is 0 Å². The molecule has 2 atom stereocenters. The Balaban J connectivity index is 2.56. The lowest BCUT2D eigenvalue weighted by Gasteiger charge is -2.14. The minimum absolute atomic E-state index is 0.123. The summed E-state index contributed by atoms with van der Waals surface area (Å²) in [6.45, 7) is 10.1. The van der Waals surface area contributed by atoms with Crippen LogP contribution >= 0.6 is 0 Å². The second kappa shape index (κ2) is 7.70. The summed E-state index contributed by atoms with van der Waals surface area (Å²) < 4.78 is 0. The molecule has 0 spiro atoms. The summed E-state index contributed by atoms with van der Waals surface area (Å²) >= 11 is 0. The number of rotatable bonds is 5. The first-order valence-electron chi connectivity index (χ1n) is 7.07. The second-order valence-electron chi connectivity index (χ2n) is 4.76. The zero-order valence-corrected chi connectivity index (χ0v) is 13.2. The summed E-state index contributed by atoms with van der Waals surface area (Å²) in [7, 11) is -0.123. The van der Waals surface area contributed by atoms with E-state index in [-0.39, 0.29) is 10.9 Å². The fourth-order valence-electron chi connectivity index (χ4n) is 2.25. The fraction of sp³-hybridized carbons (Fsp3) is 0.100. The maximum absolute atomic E-state index is 4.00. The largest absolute Gasteiger partial charge is 0.166 e. The van der Waals surface area contributed by atoms with E-state index in [4.69, 9.17) is 0 Å². The molecule has 0 radical (unpaired) electrons. The summed E-state index contributed by atoms with van der Waals surface area (Å²) in [5, 5.41) is 0. The molecule has 0 N–H and O–H groups in total. The Kier molecular flexibility index (Phi) is 5.65. The SMILES string of the molecule is C=C/C=C(\C=C)[S+](C1=CC=CC=CC1C)c1ccccc1. The van der Waals surface area contributed by atoms with Crippen LogP contribution in [0, 0.1) is 5.92 Å². The van der Waals surface area contributed by atoms with Crippen LogP contribution in [-0.4, -0.2) is 0 Å². The van der Waals surface area contributed by atoms with Crippen LogP contribution in [0.15, 0.2) is 107 Å². The first-order valence-corrected chi connectivity index (χ1v) is 8.30. The van der Waals surface area contributed by atoms with Gasteiger partial charge in [0.2, 0.25) is 0 Å². The van der Waals surface area contributed by atoms with Crippen LogP contribution in [0.2, 0.25) is 0 Å². The van der Waals surface area contributed by atoms with Gasteiger partial charge in [-0.3, -0.25) is 0 Å². The van der Waals surface area contributed by atoms with Gasteiger partial charge in [0.25, 0.3) is 0 Å². The molecular formula is C20H21S+. The van der Waals surface area contributed by atoms with Crippen molar-refractivity contribution >= 4 is 10.9 Å². The Labute approximate surface area is 130 Å². The van der Waals surface area contributed by atoms with Gasteiger partial charge in [0.05, 0.1) is 10.9 Å². The Bertz CT molecular complexity index is 614. The van der Waals surface area contributed by atoms with Crippen molar-refractivity contribution in [2.45, 2.75) is 11.8 Å². The number of hydrogen-bond acceptors (Lipinski definition) is 0. The van der Waals surface area contributed by atoms with Crippen molar-refractivity contribution in [3.63, 3.8) is 0 Å². The lowest BCUT2D eigenvalue weighted by atomic mass is 10.1. The lowest BCUT2D eigenvalue weighted by molar-refractivity contribution is 0.921. The van der Waals surface area contributed by atoms with Crippen LogP contribution < -0.4 is 0 Å². The zero-order chi connectivity index (χ0) is 15.1. The highest BCUT2D eigenvalue weighted by molar-refractivity contribution is 8.04. The van der Waals surface area contributed by atoms with Crippen LogP contribution in [0.1, 0.15) is 6.92 Å². The molecule has 0 heterocycles. The van der Waals surface area contributed by atoms with Gasteiger partial charge in [0.15, 0.2) is 9.80 Å². The lowest BCUT2D eigenvalue weighted by Crippen LogP contribution is -2.13. The van der Waals surface area contributed by atoms with Gasteiger partial charge in [0.1, 0.15) is 4.91 Å². The van der Waals surface area contributed by atoms with Gasteiger partial charge in [-0.15, -0.1) is 0 Å². The van der Waals surface area contributed by atoms with Crippen LogP contribution in [0.3, 0.4) is 0 Å². The van der Waals surface area contributed by atoms with E-state index in [1.54, 1.807) is 0 Å². The van der Waals surface area contributed by atoms with E-state index in [0.29, 0.717) is 5.92 Å². The molecule has 1 aliphatic carbocycles. The van der Waals surface area contributed by atoms with E-state index >= 15 is 0 Å². The molecular weight excluding hydrogens is 272 g/mol. The maximum atomic E-state index is 4.00. The van der Waals surface area contributed by atoms with Gasteiger partial charge in [-0.05, 0) is 30.4 Å². The smallest absolute Gasteiger partial charge is 0.0989 e. The number of allylic oxidation sites excluding steroid dienone is 9. The van der Waals surface area contributed by atoms with Gasteiger partial charge in [0, 0.05) is 5.92 Å². The third kappa shape index (κ3) is 3.77. The van der Waals surface area contributed by atoms with Gasteiger partial charge in [-0.1, -0.05) is 68.7 Å². The first-order chi connectivity index (χ1) is 10.3. The zero-order valence-electron chi connectivity index (χ0n) is 12.4. The molecule has 0 nitrogen and oxygen atoms in total. The van der Waals surface area contributed by atoms with Crippen LogP contribution in [0.4, 0.5) is 0 Å². The standard InChI is InChI=1S/C20H21S/c1-4-12-18(5-2)21(19-14-9-7-10-15-19)20-16-11-6-8-13-17(20)3/h4-17H,1-2H2,3H3/q+1/b18-12+. The van der Waals surface area contributed by atoms with Crippen molar-refractivity contribution in [1.82, 2.24) is 0 Å². The maximum Gasteiger partial charge on any atom is 0.166 e. The molecule has 1 aliphatic rings. The molecule has 1 heteroatoms. The monoisotopic (exact) mass is 293 g/mol. The van der Waals surface area contributed by atoms with E-state index < -0.39 is 0 Å². The normalized spacial score (nSPS) is 19.6. The molecule has 0 bridgehead atoms. The van der Waals surface area contributed by atoms with Crippen molar-refractivity contribution in [2.75, 3.05) is 0 Å². The Hall–Kier alpha value is -1.99. The second-order valence-corrected chi connectivity index (χ2v) is 6.78. The van der Waals surface area contributed by atoms with Gasteiger partial charge >= 0.3 is 0 Å². The van der Waals surface area contributed by atoms with E-state index in [1.165, 1.54) is 14.7 Å². The predicted octanol–water partition coefficient (Wildman–Crippen LogP) is 5.57. The summed E-state index contributed by atoms with van der Waals surface area (Å²) in [6, 6.07) is 10.6. The molecule has 0 saturated heterocycles. The molecule has 2 unspecified atom stereocenters. The highest BCUT2D eigenvalue weighted by atomic mass is 32.2. The van der Waals surface area contributed by atoms with Gasteiger partial charge in [-0.25, -0.2) is 0 Å². The Morgan fingerprint density at radius 1 is 1.10 bits per heavy atom. The van der Waals surface area contributed by atoms with Crippen molar-refractivity contribution in [3.8, 4) is 0 Å². The van der Waals surface area contributed by atoms with E-state index in [1.807, 2.05) is 12.2 Å². The molecule has 0 fully saturated rings. The molecule has 106 valence electrons. The minimum atomic E-state index is -0.123. The van der Waals surface area contributed by atoms with Crippen LogP contribution in [0.5, 0.6) is 0 Å². The third-order valence-corrected chi connectivity index (χ3v) is 5.76.